The molecule has 0 amide bonds. The number of halogens is 1. The molecule has 2 rings (SSSR count). The van der Waals surface area contributed by atoms with Crippen LogP contribution in [-0.4, -0.2) is 21.3 Å². The lowest BCUT2D eigenvalue weighted by atomic mass is 9.97. The standard InChI is InChI=1S/C15H18FN3O/c1-3-12(4-2)15-14(10-20)17-18-19(15)9-11-6-5-7-13(16)8-11/h5-8,10,12H,3-4,9H2,1-2H3. The SMILES string of the molecule is CCC(CC)c1c(C=O)nnn1Cc1cccc(F)c1. The van der Waals surface area contributed by atoms with Crippen molar-refractivity contribution in [3.8, 4) is 0 Å². The topological polar surface area (TPSA) is 47.8 Å². The Morgan fingerprint density at radius 2 is 2.10 bits per heavy atom. The summed E-state index contributed by atoms with van der Waals surface area (Å²) in [5, 5.41) is 7.96. The van der Waals surface area contributed by atoms with Crippen molar-refractivity contribution in [2.24, 2.45) is 0 Å². The van der Waals surface area contributed by atoms with Crippen LogP contribution in [0.25, 0.3) is 0 Å². The van der Waals surface area contributed by atoms with E-state index in [0.29, 0.717) is 12.2 Å². The minimum atomic E-state index is -0.276. The van der Waals surface area contributed by atoms with Crippen LogP contribution in [0.2, 0.25) is 0 Å². The van der Waals surface area contributed by atoms with E-state index in [-0.39, 0.29) is 11.7 Å². The van der Waals surface area contributed by atoms with Gasteiger partial charge in [-0.3, -0.25) is 4.79 Å². The quantitative estimate of drug-likeness (QED) is 0.761. The number of carbonyl (C=O) groups is 1. The first kappa shape index (κ1) is 14.4. The highest BCUT2D eigenvalue weighted by atomic mass is 19.1. The van der Waals surface area contributed by atoms with Crippen molar-refractivity contribution in [2.75, 3.05) is 0 Å². The van der Waals surface area contributed by atoms with Gasteiger partial charge in [0.25, 0.3) is 0 Å². The average molecular weight is 275 g/mol. The number of carbonyl (C=O) groups excluding carboxylic acids is 1. The fraction of sp³-hybridized carbons (Fsp3) is 0.400. The van der Waals surface area contributed by atoms with Crippen LogP contribution in [0.1, 0.15) is 54.4 Å². The smallest absolute Gasteiger partial charge is 0.172 e. The molecular formula is C15H18FN3O. The Morgan fingerprint density at radius 3 is 2.70 bits per heavy atom. The maximum absolute atomic E-state index is 13.2. The highest BCUT2D eigenvalue weighted by Gasteiger charge is 2.19. The number of rotatable bonds is 6. The van der Waals surface area contributed by atoms with Crippen molar-refractivity contribution in [3.63, 3.8) is 0 Å². The van der Waals surface area contributed by atoms with Crippen LogP contribution in [0.5, 0.6) is 0 Å². The van der Waals surface area contributed by atoms with Crippen LogP contribution < -0.4 is 0 Å². The predicted molar refractivity (Wildman–Crippen MR) is 74.2 cm³/mol. The van der Waals surface area contributed by atoms with E-state index < -0.39 is 0 Å². The summed E-state index contributed by atoms with van der Waals surface area (Å²) in [5.41, 5.74) is 2.03. The summed E-state index contributed by atoms with van der Waals surface area (Å²) in [4.78, 5) is 11.1. The molecule has 0 saturated heterocycles. The largest absolute Gasteiger partial charge is 0.296 e. The summed E-state index contributed by atoms with van der Waals surface area (Å²) >= 11 is 0. The molecule has 0 atom stereocenters. The summed E-state index contributed by atoms with van der Waals surface area (Å²) in [5.74, 6) is -0.0407. The van der Waals surface area contributed by atoms with E-state index in [2.05, 4.69) is 24.2 Å². The zero-order valence-corrected chi connectivity index (χ0v) is 11.7. The van der Waals surface area contributed by atoms with Gasteiger partial charge in [0.2, 0.25) is 0 Å². The molecule has 0 unspecified atom stereocenters. The van der Waals surface area contributed by atoms with Gasteiger partial charge in [-0.2, -0.15) is 0 Å². The fourth-order valence-corrected chi connectivity index (χ4v) is 2.44. The van der Waals surface area contributed by atoms with E-state index in [9.17, 15) is 9.18 Å². The van der Waals surface area contributed by atoms with Gasteiger partial charge in [-0.15, -0.1) is 5.10 Å². The maximum atomic E-state index is 13.2. The molecule has 0 fully saturated rings. The average Bonchev–Trinajstić information content (AvgIpc) is 2.83. The monoisotopic (exact) mass is 275 g/mol. The third kappa shape index (κ3) is 2.92. The second kappa shape index (κ2) is 6.41. The first-order chi connectivity index (χ1) is 9.69. The lowest BCUT2D eigenvalue weighted by Gasteiger charge is -2.15. The van der Waals surface area contributed by atoms with Crippen molar-refractivity contribution < 1.29 is 9.18 Å². The molecule has 106 valence electrons. The Labute approximate surface area is 117 Å². The second-order valence-electron chi connectivity index (χ2n) is 4.78. The van der Waals surface area contributed by atoms with Gasteiger partial charge >= 0.3 is 0 Å². The van der Waals surface area contributed by atoms with Crippen LogP contribution >= 0.6 is 0 Å². The van der Waals surface area contributed by atoms with Crippen LogP contribution in [0.15, 0.2) is 24.3 Å². The van der Waals surface area contributed by atoms with E-state index >= 15 is 0 Å². The van der Waals surface area contributed by atoms with Crippen LogP contribution in [0.3, 0.4) is 0 Å². The molecule has 0 radical (unpaired) electrons. The lowest BCUT2D eigenvalue weighted by Crippen LogP contribution is -2.11. The summed E-state index contributed by atoms with van der Waals surface area (Å²) in [7, 11) is 0. The summed E-state index contributed by atoms with van der Waals surface area (Å²) < 4.78 is 14.9. The Bertz CT molecular complexity index is 591. The third-order valence-corrected chi connectivity index (χ3v) is 3.51. The minimum Gasteiger partial charge on any atom is -0.296 e. The van der Waals surface area contributed by atoms with Crippen molar-refractivity contribution >= 4 is 6.29 Å². The van der Waals surface area contributed by atoms with Crippen LogP contribution in [0, 0.1) is 5.82 Å². The first-order valence-corrected chi connectivity index (χ1v) is 6.82. The maximum Gasteiger partial charge on any atom is 0.172 e. The molecule has 0 aliphatic carbocycles. The predicted octanol–water partition coefficient (Wildman–Crippen LogP) is 3.18. The van der Waals surface area contributed by atoms with Crippen molar-refractivity contribution in [3.05, 3.63) is 47.0 Å². The van der Waals surface area contributed by atoms with Crippen LogP contribution in [-0.2, 0) is 6.54 Å². The number of aldehydes is 1. The zero-order chi connectivity index (χ0) is 14.5. The summed E-state index contributed by atoms with van der Waals surface area (Å²) in [6.45, 7) is 4.56. The zero-order valence-electron chi connectivity index (χ0n) is 11.7. The van der Waals surface area contributed by atoms with E-state index in [4.69, 9.17) is 0 Å². The van der Waals surface area contributed by atoms with E-state index in [0.717, 1.165) is 30.4 Å². The molecule has 0 saturated carbocycles. The fourth-order valence-electron chi connectivity index (χ4n) is 2.44. The summed E-state index contributed by atoms with van der Waals surface area (Å²) in [6.07, 6.45) is 2.56. The third-order valence-electron chi connectivity index (χ3n) is 3.51. The molecule has 1 heterocycles. The molecule has 0 bridgehead atoms. The van der Waals surface area contributed by atoms with E-state index in [1.165, 1.54) is 12.1 Å². The van der Waals surface area contributed by atoms with Gasteiger partial charge in [0.15, 0.2) is 6.29 Å². The number of hydrogen-bond acceptors (Lipinski definition) is 3. The number of hydrogen-bond donors (Lipinski definition) is 0. The Kier molecular flexibility index (Phi) is 4.61. The molecule has 2 aromatic rings. The van der Waals surface area contributed by atoms with Crippen molar-refractivity contribution in [2.45, 2.75) is 39.2 Å². The Balaban J connectivity index is 2.36. The van der Waals surface area contributed by atoms with Gasteiger partial charge in [0, 0.05) is 5.92 Å². The second-order valence-corrected chi connectivity index (χ2v) is 4.78. The molecule has 1 aromatic heterocycles. The van der Waals surface area contributed by atoms with Gasteiger partial charge in [-0.1, -0.05) is 31.2 Å². The minimum absolute atomic E-state index is 0.235. The number of nitrogens with zero attached hydrogens (tertiary/aromatic N) is 3. The van der Waals surface area contributed by atoms with Gasteiger partial charge in [0.1, 0.15) is 11.5 Å². The lowest BCUT2D eigenvalue weighted by molar-refractivity contribution is 0.111. The van der Waals surface area contributed by atoms with Gasteiger partial charge in [-0.05, 0) is 30.5 Å². The molecule has 4 nitrogen and oxygen atoms in total. The Morgan fingerprint density at radius 1 is 1.35 bits per heavy atom. The first-order valence-electron chi connectivity index (χ1n) is 6.82. The molecule has 5 heteroatoms. The molecule has 20 heavy (non-hydrogen) atoms. The van der Waals surface area contributed by atoms with E-state index in [1.54, 1.807) is 10.7 Å². The van der Waals surface area contributed by atoms with Gasteiger partial charge < -0.3 is 0 Å². The highest BCUT2D eigenvalue weighted by molar-refractivity contribution is 5.73. The van der Waals surface area contributed by atoms with Gasteiger partial charge in [0.05, 0.1) is 12.2 Å². The molecule has 0 N–H and O–H groups in total. The molecular weight excluding hydrogens is 257 g/mol. The van der Waals surface area contributed by atoms with Crippen molar-refractivity contribution in [1.29, 1.82) is 0 Å². The number of benzene rings is 1. The normalized spacial score (nSPS) is 11.0. The van der Waals surface area contributed by atoms with Crippen molar-refractivity contribution in [1.82, 2.24) is 15.0 Å². The van der Waals surface area contributed by atoms with Gasteiger partial charge in [-0.25, -0.2) is 9.07 Å². The highest BCUT2D eigenvalue weighted by Crippen LogP contribution is 2.25. The Hall–Kier alpha value is -2.04. The van der Waals surface area contributed by atoms with Crippen LogP contribution in [0.4, 0.5) is 4.39 Å². The summed E-state index contributed by atoms with van der Waals surface area (Å²) in [6, 6.07) is 6.38. The van der Waals surface area contributed by atoms with E-state index in [1.807, 2.05) is 6.07 Å². The molecule has 0 aliphatic rings. The molecule has 0 aliphatic heterocycles. The molecule has 0 spiro atoms. The molecule has 1 aromatic carbocycles. The number of aromatic nitrogens is 3.